The molecule has 0 aliphatic rings. The molecule has 0 rings (SSSR count). The topological polar surface area (TPSA) is 78.9 Å². The van der Waals surface area contributed by atoms with Gasteiger partial charge in [0.05, 0.1) is 6.42 Å². The summed E-state index contributed by atoms with van der Waals surface area (Å²) in [5.41, 5.74) is 0. The van der Waals surface area contributed by atoms with Crippen molar-refractivity contribution in [1.82, 2.24) is 0 Å². The Morgan fingerprint density at radius 2 is 0.544 bits per heavy atom. The Morgan fingerprint density at radius 1 is 0.278 bits per heavy atom. The lowest BCUT2D eigenvalue weighted by molar-refractivity contribution is -0.166. The number of esters is 3. The first-order valence-electron chi connectivity index (χ1n) is 32.7. The number of carbonyl (C=O) groups excluding carboxylic acids is 3. The second kappa shape index (κ2) is 66.1. The van der Waals surface area contributed by atoms with Crippen LogP contribution in [0.5, 0.6) is 0 Å². The van der Waals surface area contributed by atoms with Gasteiger partial charge in [0.25, 0.3) is 0 Å². The van der Waals surface area contributed by atoms with Crippen molar-refractivity contribution in [3.63, 3.8) is 0 Å². The fourth-order valence-corrected chi connectivity index (χ4v) is 8.83. The van der Waals surface area contributed by atoms with Gasteiger partial charge >= 0.3 is 17.9 Å². The van der Waals surface area contributed by atoms with E-state index in [1.165, 1.54) is 148 Å². The van der Waals surface area contributed by atoms with E-state index < -0.39 is 12.1 Å². The summed E-state index contributed by atoms with van der Waals surface area (Å²) in [5.74, 6) is -1.05. The van der Waals surface area contributed by atoms with Crippen molar-refractivity contribution in [1.29, 1.82) is 0 Å². The molecule has 0 fully saturated rings. The Balaban J connectivity index is 4.42. The summed E-state index contributed by atoms with van der Waals surface area (Å²) in [5, 5.41) is 0. The van der Waals surface area contributed by atoms with Gasteiger partial charge in [-0.05, 0) is 116 Å². The van der Waals surface area contributed by atoms with Crippen molar-refractivity contribution in [2.75, 3.05) is 13.2 Å². The zero-order valence-electron chi connectivity index (χ0n) is 51.3. The number of carbonyl (C=O) groups is 3. The van der Waals surface area contributed by atoms with Crippen LogP contribution in [-0.4, -0.2) is 37.2 Å². The Labute approximate surface area is 487 Å². The van der Waals surface area contributed by atoms with Crippen LogP contribution in [-0.2, 0) is 28.6 Å². The molecule has 1 unspecified atom stereocenters. The fraction of sp³-hybridized carbons (Fsp3) is 0.658. The Kier molecular flexibility index (Phi) is 62.3. The second-order valence-electron chi connectivity index (χ2n) is 21.3. The highest BCUT2D eigenvalue weighted by Crippen LogP contribution is 2.16. The minimum absolute atomic E-state index is 0.113. The van der Waals surface area contributed by atoms with Crippen molar-refractivity contribution < 1.29 is 28.6 Å². The molecular weight excluding hydrogens is 973 g/mol. The zero-order chi connectivity index (χ0) is 57.1. The van der Waals surface area contributed by atoms with Crippen LogP contribution in [0.3, 0.4) is 0 Å². The molecule has 0 aromatic carbocycles. The summed E-state index contributed by atoms with van der Waals surface area (Å²) in [4.78, 5) is 38.3. The summed E-state index contributed by atoms with van der Waals surface area (Å²) in [6.45, 7) is 6.33. The van der Waals surface area contributed by atoms with Crippen LogP contribution < -0.4 is 0 Å². The van der Waals surface area contributed by atoms with Crippen molar-refractivity contribution in [2.24, 2.45) is 0 Å². The van der Waals surface area contributed by atoms with Gasteiger partial charge in [-0.25, -0.2) is 0 Å². The minimum atomic E-state index is -0.827. The van der Waals surface area contributed by atoms with Gasteiger partial charge in [-0.15, -0.1) is 0 Å². The van der Waals surface area contributed by atoms with E-state index in [0.717, 1.165) is 103 Å². The normalized spacial score (nSPS) is 13.0. The van der Waals surface area contributed by atoms with Gasteiger partial charge in [-0.1, -0.05) is 289 Å². The van der Waals surface area contributed by atoms with Crippen LogP contribution in [0.4, 0.5) is 0 Å². The van der Waals surface area contributed by atoms with Gasteiger partial charge in [-0.3, -0.25) is 14.4 Å². The van der Waals surface area contributed by atoms with Gasteiger partial charge in [0.15, 0.2) is 6.10 Å². The van der Waals surface area contributed by atoms with E-state index in [-0.39, 0.29) is 31.6 Å². The molecule has 0 aliphatic heterocycles. The number of allylic oxidation sites excluding steroid dienone is 21. The van der Waals surface area contributed by atoms with E-state index in [1.54, 1.807) is 6.08 Å². The van der Waals surface area contributed by atoms with E-state index in [2.05, 4.69) is 142 Å². The standard InChI is InChI=1S/C73H120O6/c1-4-7-10-13-16-19-22-25-28-30-32-34-35-36-37-39-40-42-45-48-51-54-57-60-63-66-72(75)78-69-70(68-77-71(74)65-62-59-56-53-50-47-44-27-24-21-18-15-12-9-6-3)79-73(76)67-64-61-58-55-52-49-46-43-41-38-33-31-29-26-23-20-17-14-11-8-5-2/h7,9-10,12,16,18-19,21,23,25-28,31-34,44,50,53,59,62,70H,4-6,8,11,13-15,17,20,22,24,29-30,35-43,45-49,51-52,54-58,60-61,63-69H2,1-3H3/b10-7-,12-9-,19-16-,21-18-,26-23-,28-25-,33-31-,34-32-,44-27-,53-50-,62-59-. The Morgan fingerprint density at radius 3 is 0.886 bits per heavy atom. The molecule has 0 amide bonds. The smallest absolute Gasteiger partial charge is 0.309 e. The maximum atomic E-state index is 12.9. The van der Waals surface area contributed by atoms with E-state index in [1.807, 2.05) is 6.08 Å². The van der Waals surface area contributed by atoms with Gasteiger partial charge in [0.2, 0.25) is 0 Å². The summed E-state index contributed by atoms with van der Waals surface area (Å²) in [6.07, 6.45) is 93.4. The molecule has 6 nitrogen and oxygen atoms in total. The molecule has 0 N–H and O–H groups in total. The number of ether oxygens (including phenoxy) is 3. The quantitative estimate of drug-likeness (QED) is 0.0261. The fourth-order valence-electron chi connectivity index (χ4n) is 8.83. The lowest BCUT2D eigenvalue weighted by Gasteiger charge is -2.18. The lowest BCUT2D eigenvalue weighted by atomic mass is 10.0. The third-order valence-corrected chi connectivity index (χ3v) is 13.7. The SMILES string of the molecule is CC/C=C\C/C=C\C/C=C\C/C=C\C/C=C\CC(=O)OCC(COC(=O)CCCCCCCCCCCCCC/C=C\C/C=C\C/C=C\C/C=C\CC)OC(=O)CCCCCCCCCCC/C=C\C/C=C\CCCCCCC. The van der Waals surface area contributed by atoms with Gasteiger partial charge in [0, 0.05) is 12.8 Å². The number of hydrogen-bond acceptors (Lipinski definition) is 6. The summed E-state index contributed by atoms with van der Waals surface area (Å²) >= 11 is 0. The number of rotatable bonds is 58. The Hall–Kier alpha value is -4.45. The second-order valence-corrected chi connectivity index (χ2v) is 21.3. The van der Waals surface area contributed by atoms with Crippen LogP contribution in [0.2, 0.25) is 0 Å². The summed E-state index contributed by atoms with van der Waals surface area (Å²) in [6, 6.07) is 0. The molecule has 0 heterocycles. The monoisotopic (exact) mass is 1090 g/mol. The maximum Gasteiger partial charge on any atom is 0.309 e. The third-order valence-electron chi connectivity index (χ3n) is 13.7. The highest BCUT2D eigenvalue weighted by molar-refractivity contribution is 5.72. The third kappa shape index (κ3) is 64.3. The van der Waals surface area contributed by atoms with Crippen LogP contribution in [0.15, 0.2) is 134 Å². The molecule has 0 bridgehead atoms. The largest absolute Gasteiger partial charge is 0.462 e. The van der Waals surface area contributed by atoms with E-state index in [4.69, 9.17) is 14.2 Å². The van der Waals surface area contributed by atoms with Crippen molar-refractivity contribution in [3.05, 3.63) is 134 Å². The first kappa shape index (κ1) is 74.5. The molecule has 1 atom stereocenters. The number of unbranched alkanes of at least 4 members (excludes halogenated alkanes) is 26. The van der Waals surface area contributed by atoms with Crippen molar-refractivity contribution in [2.45, 2.75) is 297 Å². The predicted molar refractivity (Wildman–Crippen MR) is 343 cm³/mol. The first-order chi connectivity index (χ1) is 39.0. The van der Waals surface area contributed by atoms with E-state index >= 15 is 0 Å². The molecule has 448 valence electrons. The highest BCUT2D eigenvalue weighted by atomic mass is 16.6. The molecule has 6 heteroatoms. The van der Waals surface area contributed by atoms with Crippen molar-refractivity contribution in [3.8, 4) is 0 Å². The van der Waals surface area contributed by atoms with Crippen LogP contribution >= 0.6 is 0 Å². The van der Waals surface area contributed by atoms with Crippen molar-refractivity contribution >= 4 is 17.9 Å². The lowest BCUT2D eigenvalue weighted by Crippen LogP contribution is -2.30. The maximum absolute atomic E-state index is 12.9. The molecule has 0 saturated heterocycles. The average Bonchev–Trinajstić information content (AvgIpc) is 3.45. The van der Waals surface area contributed by atoms with E-state index in [0.29, 0.717) is 12.8 Å². The number of hydrogen-bond donors (Lipinski definition) is 0. The van der Waals surface area contributed by atoms with Gasteiger partial charge < -0.3 is 14.2 Å². The van der Waals surface area contributed by atoms with Gasteiger partial charge in [0.1, 0.15) is 13.2 Å². The van der Waals surface area contributed by atoms with Crippen LogP contribution in [0.25, 0.3) is 0 Å². The average molecular weight is 1090 g/mol. The van der Waals surface area contributed by atoms with Gasteiger partial charge in [-0.2, -0.15) is 0 Å². The predicted octanol–water partition coefficient (Wildman–Crippen LogP) is 22.5. The van der Waals surface area contributed by atoms with Crippen LogP contribution in [0, 0.1) is 0 Å². The molecule has 0 saturated carbocycles. The minimum Gasteiger partial charge on any atom is -0.462 e. The molecule has 0 radical (unpaired) electrons. The molecule has 0 aromatic rings. The molecule has 0 spiro atoms. The van der Waals surface area contributed by atoms with E-state index in [9.17, 15) is 14.4 Å². The zero-order valence-corrected chi connectivity index (χ0v) is 51.3. The highest BCUT2D eigenvalue weighted by Gasteiger charge is 2.19. The van der Waals surface area contributed by atoms with Crippen LogP contribution in [0.1, 0.15) is 290 Å². The Bertz CT molecular complexity index is 1680. The summed E-state index contributed by atoms with van der Waals surface area (Å²) < 4.78 is 16.8. The molecule has 79 heavy (non-hydrogen) atoms. The molecule has 0 aromatic heterocycles. The molecule has 0 aliphatic carbocycles. The molecular formula is C73H120O6. The summed E-state index contributed by atoms with van der Waals surface area (Å²) in [7, 11) is 0. The first-order valence-corrected chi connectivity index (χ1v) is 32.7.